The van der Waals surface area contributed by atoms with Gasteiger partial charge in [-0.15, -0.1) is 0 Å². The summed E-state index contributed by atoms with van der Waals surface area (Å²) in [5.74, 6) is -0.918. The normalized spacial score (nSPS) is 17.3. The first-order valence-corrected chi connectivity index (χ1v) is 8.33. The van der Waals surface area contributed by atoms with Crippen LogP contribution in [0.15, 0.2) is 59.1 Å². The van der Waals surface area contributed by atoms with Crippen LogP contribution in [0.2, 0.25) is 0 Å². The number of anilines is 1. The van der Waals surface area contributed by atoms with Crippen molar-refractivity contribution in [3.05, 3.63) is 64.6 Å². The van der Waals surface area contributed by atoms with Gasteiger partial charge in [-0.1, -0.05) is 46.3 Å². The molecule has 118 valence electrons. The van der Waals surface area contributed by atoms with Crippen LogP contribution in [0.3, 0.4) is 0 Å². The maximum Gasteiger partial charge on any atom is 0.239 e. The fourth-order valence-corrected chi connectivity index (χ4v) is 2.97. The lowest BCUT2D eigenvalue weighted by molar-refractivity contribution is -0.132. The van der Waals surface area contributed by atoms with Crippen molar-refractivity contribution in [1.82, 2.24) is 5.32 Å². The standard InChI is InChI=1S/C18H17BrN2O2/c19-14-6-8-15(9-7-14)21-11-10-16(18(21)23)17(22)20-12-13-4-2-1-3-5-13/h1-9,16H,10-12H2,(H,20,22). The molecule has 2 aromatic rings. The van der Waals surface area contributed by atoms with E-state index in [-0.39, 0.29) is 11.8 Å². The first kappa shape index (κ1) is 15.7. The molecule has 1 atom stereocenters. The average molecular weight is 373 g/mol. The first-order chi connectivity index (χ1) is 11.1. The lowest BCUT2D eigenvalue weighted by Crippen LogP contribution is -2.36. The molecule has 2 aromatic carbocycles. The van der Waals surface area contributed by atoms with Gasteiger partial charge in [0.15, 0.2) is 0 Å². The smallest absolute Gasteiger partial charge is 0.239 e. The van der Waals surface area contributed by atoms with Crippen molar-refractivity contribution in [3.8, 4) is 0 Å². The Morgan fingerprint density at radius 3 is 2.52 bits per heavy atom. The minimum Gasteiger partial charge on any atom is -0.351 e. The van der Waals surface area contributed by atoms with Crippen molar-refractivity contribution in [2.45, 2.75) is 13.0 Å². The molecule has 0 saturated carbocycles. The molecule has 0 radical (unpaired) electrons. The molecule has 1 unspecified atom stereocenters. The summed E-state index contributed by atoms with van der Waals surface area (Å²) in [5.41, 5.74) is 1.85. The van der Waals surface area contributed by atoms with Crippen molar-refractivity contribution < 1.29 is 9.59 Å². The summed E-state index contributed by atoms with van der Waals surface area (Å²) in [7, 11) is 0. The molecule has 1 aliphatic rings. The van der Waals surface area contributed by atoms with Crippen LogP contribution < -0.4 is 10.2 Å². The Morgan fingerprint density at radius 2 is 1.83 bits per heavy atom. The maximum absolute atomic E-state index is 12.5. The van der Waals surface area contributed by atoms with E-state index in [9.17, 15) is 9.59 Å². The largest absolute Gasteiger partial charge is 0.351 e. The van der Waals surface area contributed by atoms with Crippen LogP contribution in [0.1, 0.15) is 12.0 Å². The predicted molar refractivity (Wildman–Crippen MR) is 92.9 cm³/mol. The first-order valence-electron chi connectivity index (χ1n) is 7.54. The van der Waals surface area contributed by atoms with Crippen molar-refractivity contribution in [3.63, 3.8) is 0 Å². The van der Waals surface area contributed by atoms with Gasteiger partial charge < -0.3 is 10.2 Å². The number of amides is 2. The Balaban J connectivity index is 1.62. The molecule has 4 nitrogen and oxygen atoms in total. The van der Waals surface area contributed by atoms with E-state index in [4.69, 9.17) is 0 Å². The molecule has 3 rings (SSSR count). The molecular weight excluding hydrogens is 356 g/mol. The summed E-state index contributed by atoms with van der Waals surface area (Å²) in [6.07, 6.45) is 0.551. The Morgan fingerprint density at radius 1 is 1.13 bits per heavy atom. The van der Waals surface area contributed by atoms with Crippen LogP contribution >= 0.6 is 15.9 Å². The molecule has 1 fully saturated rings. The van der Waals surface area contributed by atoms with Crippen molar-refractivity contribution in [2.75, 3.05) is 11.4 Å². The van der Waals surface area contributed by atoms with E-state index in [0.717, 1.165) is 15.7 Å². The Labute approximate surface area is 143 Å². The zero-order valence-electron chi connectivity index (χ0n) is 12.5. The number of hydrogen-bond acceptors (Lipinski definition) is 2. The third-order valence-electron chi connectivity index (χ3n) is 3.97. The van der Waals surface area contributed by atoms with Crippen LogP contribution in [-0.2, 0) is 16.1 Å². The van der Waals surface area contributed by atoms with Crippen molar-refractivity contribution >= 4 is 33.4 Å². The summed E-state index contributed by atoms with van der Waals surface area (Å²) in [6, 6.07) is 17.2. The maximum atomic E-state index is 12.5. The minimum atomic E-state index is -0.595. The molecular formula is C18H17BrN2O2. The SMILES string of the molecule is O=C(NCc1ccccc1)C1CCN(c2ccc(Br)cc2)C1=O. The monoisotopic (exact) mass is 372 g/mol. The van der Waals surface area contributed by atoms with Gasteiger partial charge in [-0.3, -0.25) is 9.59 Å². The van der Waals surface area contributed by atoms with Crippen LogP contribution in [-0.4, -0.2) is 18.4 Å². The zero-order chi connectivity index (χ0) is 16.2. The molecule has 0 bridgehead atoms. The molecule has 0 aliphatic carbocycles. The third-order valence-corrected chi connectivity index (χ3v) is 4.50. The van der Waals surface area contributed by atoms with Gasteiger partial charge in [0, 0.05) is 23.2 Å². The summed E-state index contributed by atoms with van der Waals surface area (Å²) in [4.78, 5) is 26.5. The number of hydrogen-bond donors (Lipinski definition) is 1. The number of benzene rings is 2. The summed E-state index contributed by atoms with van der Waals surface area (Å²) in [6.45, 7) is 1.02. The van der Waals surface area contributed by atoms with Gasteiger partial charge in [0.1, 0.15) is 5.92 Å². The van der Waals surface area contributed by atoms with E-state index in [1.807, 2.05) is 54.6 Å². The van der Waals surface area contributed by atoms with Crippen molar-refractivity contribution in [1.29, 1.82) is 0 Å². The zero-order valence-corrected chi connectivity index (χ0v) is 14.1. The quantitative estimate of drug-likeness (QED) is 0.838. The van der Waals surface area contributed by atoms with E-state index in [0.29, 0.717) is 19.5 Å². The molecule has 1 aliphatic heterocycles. The van der Waals surface area contributed by atoms with Gasteiger partial charge in [-0.05, 0) is 36.2 Å². The number of nitrogens with one attached hydrogen (secondary N) is 1. The summed E-state index contributed by atoms with van der Waals surface area (Å²) in [5, 5.41) is 2.86. The van der Waals surface area contributed by atoms with Crippen LogP contribution in [0.4, 0.5) is 5.69 Å². The number of rotatable bonds is 4. The number of halogens is 1. The molecule has 1 N–H and O–H groups in total. The second kappa shape index (κ2) is 6.96. The van der Waals surface area contributed by atoms with E-state index in [1.165, 1.54) is 0 Å². The second-order valence-electron chi connectivity index (χ2n) is 5.51. The highest BCUT2D eigenvalue weighted by molar-refractivity contribution is 9.10. The summed E-state index contributed by atoms with van der Waals surface area (Å²) >= 11 is 3.38. The number of nitrogens with zero attached hydrogens (tertiary/aromatic N) is 1. The number of carbonyl (C=O) groups excluding carboxylic acids is 2. The molecule has 2 amide bonds. The van der Waals surface area contributed by atoms with Crippen LogP contribution in [0.5, 0.6) is 0 Å². The Bertz CT molecular complexity index is 701. The van der Waals surface area contributed by atoms with E-state index in [2.05, 4.69) is 21.2 Å². The van der Waals surface area contributed by atoms with Crippen LogP contribution in [0, 0.1) is 5.92 Å². The van der Waals surface area contributed by atoms with Gasteiger partial charge in [-0.25, -0.2) is 0 Å². The topological polar surface area (TPSA) is 49.4 Å². The van der Waals surface area contributed by atoms with E-state index in [1.54, 1.807) is 4.90 Å². The average Bonchev–Trinajstić information content (AvgIpc) is 2.96. The number of carbonyl (C=O) groups is 2. The third kappa shape index (κ3) is 3.62. The Kier molecular flexibility index (Phi) is 4.76. The van der Waals surface area contributed by atoms with Gasteiger partial charge >= 0.3 is 0 Å². The lowest BCUT2D eigenvalue weighted by atomic mass is 10.1. The van der Waals surface area contributed by atoms with Gasteiger partial charge in [0.2, 0.25) is 11.8 Å². The van der Waals surface area contributed by atoms with Gasteiger partial charge in [0.05, 0.1) is 0 Å². The Hall–Kier alpha value is -2.14. The molecule has 0 spiro atoms. The lowest BCUT2D eigenvalue weighted by Gasteiger charge is -2.17. The predicted octanol–water partition coefficient (Wildman–Crippen LogP) is 3.12. The van der Waals surface area contributed by atoms with Crippen molar-refractivity contribution in [2.24, 2.45) is 5.92 Å². The molecule has 23 heavy (non-hydrogen) atoms. The van der Waals surface area contributed by atoms with Gasteiger partial charge in [0.25, 0.3) is 0 Å². The molecule has 1 saturated heterocycles. The van der Waals surface area contributed by atoms with Crippen LogP contribution in [0.25, 0.3) is 0 Å². The minimum absolute atomic E-state index is 0.127. The highest BCUT2D eigenvalue weighted by Crippen LogP contribution is 2.26. The fourth-order valence-electron chi connectivity index (χ4n) is 2.71. The fraction of sp³-hybridized carbons (Fsp3) is 0.222. The molecule has 1 heterocycles. The highest BCUT2D eigenvalue weighted by atomic mass is 79.9. The second-order valence-corrected chi connectivity index (χ2v) is 6.43. The van der Waals surface area contributed by atoms with E-state index < -0.39 is 5.92 Å². The highest BCUT2D eigenvalue weighted by Gasteiger charge is 2.37. The van der Waals surface area contributed by atoms with E-state index >= 15 is 0 Å². The molecule has 5 heteroatoms. The summed E-state index contributed by atoms with van der Waals surface area (Å²) < 4.78 is 0.963. The molecule has 0 aromatic heterocycles. The van der Waals surface area contributed by atoms with Gasteiger partial charge in [-0.2, -0.15) is 0 Å².